The van der Waals surface area contributed by atoms with Gasteiger partial charge in [0.05, 0.1) is 0 Å². The average molecular weight is 206 g/mol. The molecule has 1 atom stereocenters. The van der Waals surface area contributed by atoms with Crippen molar-refractivity contribution in [2.45, 2.75) is 13.0 Å². The predicted molar refractivity (Wildman–Crippen MR) is 53.9 cm³/mol. The molecule has 2 aromatic rings. The van der Waals surface area contributed by atoms with Crippen LogP contribution >= 0.6 is 0 Å². The summed E-state index contributed by atoms with van der Waals surface area (Å²) in [4.78, 5) is 0. The molecule has 0 bridgehead atoms. The molecule has 0 saturated heterocycles. The summed E-state index contributed by atoms with van der Waals surface area (Å²) in [5.41, 5.74) is 0.616. The summed E-state index contributed by atoms with van der Waals surface area (Å²) >= 11 is 0. The van der Waals surface area contributed by atoms with Crippen LogP contribution in [0.25, 0.3) is 0 Å². The third-order valence-electron chi connectivity index (χ3n) is 2.20. The lowest BCUT2D eigenvalue weighted by Crippen LogP contribution is -1.99. The zero-order chi connectivity index (χ0) is 10.8. The molecular formula is C12H11FO2. The van der Waals surface area contributed by atoms with Crippen molar-refractivity contribution in [2.75, 3.05) is 0 Å². The van der Waals surface area contributed by atoms with Gasteiger partial charge in [-0.25, -0.2) is 4.39 Å². The van der Waals surface area contributed by atoms with Crippen molar-refractivity contribution in [1.82, 2.24) is 0 Å². The van der Waals surface area contributed by atoms with Crippen LogP contribution in [-0.2, 0) is 0 Å². The summed E-state index contributed by atoms with van der Waals surface area (Å²) in [5, 5.41) is 9.85. The molecule has 0 aliphatic carbocycles. The molecule has 15 heavy (non-hydrogen) atoms. The Hall–Kier alpha value is -1.61. The first kappa shape index (κ1) is 9.93. The predicted octanol–water partition coefficient (Wildman–Crippen LogP) is 2.81. The molecule has 0 fully saturated rings. The van der Waals surface area contributed by atoms with Gasteiger partial charge in [-0.15, -0.1) is 0 Å². The number of furan rings is 1. The molecule has 0 aliphatic heterocycles. The fourth-order valence-corrected chi connectivity index (χ4v) is 1.47. The lowest BCUT2D eigenvalue weighted by molar-refractivity contribution is 0.181. The van der Waals surface area contributed by atoms with Crippen molar-refractivity contribution in [2.24, 2.45) is 0 Å². The molecule has 0 spiro atoms. The second-order valence-corrected chi connectivity index (χ2v) is 3.38. The molecule has 3 heteroatoms. The molecule has 2 rings (SSSR count). The first-order chi connectivity index (χ1) is 7.18. The van der Waals surface area contributed by atoms with E-state index in [2.05, 4.69) is 0 Å². The van der Waals surface area contributed by atoms with Gasteiger partial charge < -0.3 is 9.52 Å². The largest absolute Gasteiger partial charge is 0.460 e. The highest BCUT2D eigenvalue weighted by Crippen LogP contribution is 2.26. The van der Waals surface area contributed by atoms with E-state index < -0.39 is 11.9 Å². The smallest absolute Gasteiger partial charge is 0.172 e. The van der Waals surface area contributed by atoms with Crippen molar-refractivity contribution in [3.8, 4) is 0 Å². The quantitative estimate of drug-likeness (QED) is 0.819. The molecule has 0 saturated carbocycles. The average Bonchev–Trinajstić information content (AvgIpc) is 2.58. The number of hydrogen-bond donors (Lipinski definition) is 1. The minimum Gasteiger partial charge on any atom is -0.460 e. The van der Waals surface area contributed by atoms with Gasteiger partial charge in [-0.2, -0.15) is 0 Å². The molecule has 1 N–H and O–H groups in total. The van der Waals surface area contributed by atoms with E-state index in [0.717, 1.165) is 0 Å². The monoisotopic (exact) mass is 206 g/mol. The van der Waals surface area contributed by atoms with Crippen molar-refractivity contribution >= 4 is 0 Å². The Labute approximate surface area is 87.0 Å². The van der Waals surface area contributed by atoms with E-state index in [1.54, 1.807) is 31.2 Å². The zero-order valence-electron chi connectivity index (χ0n) is 8.27. The third kappa shape index (κ3) is 1.92. The van der Waals surface area contributed by atoms with Crippen molar-refractivity contribution in [1.29, 1.82) is 0 Å². The summed E-state index contributed by atoms with van der Waals surface area (Å²) in [6.07, 6.45) is -1.04. The van der Waals surface area contributed by atoms with E-state index in [1.165, 1.54) is 6.07 Å². The SMILES string of the molecule is Cc1cc(F)c(C(O)c2ccccc2)o1. The Kier molecular flexibility index (Phi) is 2.56. The van der Waals surface area contributed by atoms with Crippen LogP contribution in [-0.4, -0.2) is 5.11 Å². The number of halogens is 1. The molecule has 1 heterocycles. The summed E-state index contributed by atoms with van der Waals surface area (Å²) in [6.45, 7) is 1.64. The van der Waals surface area contributed by atoms with Gasteiger partial charge >= 0.3 is 0 Å². The van der Waals surface area contributed by atoms with E-state index >= 15 is 0 Å². The van der Waals surface area contributed by atoms with Crippen LogP contribution in [0.4, 0.5) is 4.39 Å². The summed E-state index contributed by atoms with van der Waals surface area (Å²) in [6, 6.07) is 10.1. The number of aliphatic hydroxyl groups is 1. The van der Waals surface area contributed by atoms with Crippen LogP contribution < -0.4 is 0 Å². The number of hydrogen-bond acceptors (Lipinski definition) is 2. The van der Waals surface area contributed by atoms with Gasteiger partial charge in [0, 0.05) is 6.07 Å². The highest BCUT2D eigenvalue weighted by Gasteiger charge is 2.19. The zero-order valence-corrected chi connectivity index (χ0v) is 8.27. The van der Waals surface area contributed by atoms with Gasteiger partial charge in [0.1, 0.15) is 11.9 Å². The highest BCUT2D eigenvalue weighted by molar-refractivity contribution is 5.25. The minimum absolute atomic E-state index is 0.0290. The fourth-order valence-electron chi connectivity index (χ4n) is 1.47. The van der Waals surface area contributed by atoms with Gasteiger partial charge in [-0.3, -0.25) is 0 Å². The number of rotatable bonds is 2. The van der Waals surface area contributed by atoms with E-state index in [-0.39, 0.29) is 5.76 Å². The minimum atomic E-state index is -1.04. The molecule has 0 radical (unpaired) electrons. The molecule has 78 valence electrons. The van der Waals surface area contributed by atoms with E-state index in [0.29, 0.717) is 11.3 Å². The fraction of sp³-hybridized carbons (Fsp3) is 0.167. The standard InChI is InChI=1S/C12H11FO2/c1-8-7-10(13)12(15-8)11(14)9-5-3-2-4-6-9/h2-7,11,14H,1H3. The Balaban J connectivity index is 2.36. The molecule has 1 aromatic heterocycles. The lowest BCUT2D eigenvalue weighted by atomic mass is 10.1. The Morgan fingerprint density at radius 3 is 2.47 bits per heavy atom. The van der Waals surface area contributed by atoms with Gasteiger partial charge in [-0.05, 0) is 12.5 Å². The van der Waals surface area contributed by atoms with Gasteiger partial charge in [0.15, 0.2) is 11.6 Å². The summed E-state index contributed by atoms with van der Waals surface area (Å²) in [5.74, 6) is -0.0833. The number of benzene rings is 1. The van der Waals surface area contributed by atoms with E-state index in [1.807, 2.05) is 6.07 Å². The normalized spacial score (nSPS) is 12.7. The molecule has 0 amide bonds. The van der Waals surface area contributed by atoms with Crippen LogP contribution in [0, 0.1) is 12.7 Å². The second-order valence-electron chi connectivity index (χ2n) is 3.38. The summed E-state index contributed by atoms with van der Waals surface area (Å²) < 4.78 is 18.4. The van der Waals surface area contributed by atoms with Crippen LogP contribution in [0.1, 0.15) is 23.2 Å². The first-order valence-electron chi connectivity index (χ1n) is 4.67. The maximum Gasteiger partial charge on any atom is 0.172 e. The van der Waals surface area contributed by atoms with E-state index in [4.69, 9.17) is 4.42 Å². The molecule has 0 aliphatic rings. The summed E-state index contributed by atoms with van der Waals surface area (Å²) in [7, 11) is 0. The van der Waals surface area contributed by atoms with Crippen LogP contribution in [0.2, 0.25) is 0 Å². The molecule has 1 aromatic carbocycles. The molecule has 1 unspecified atom stereocenters. The van der Waals surface area contributed by atoms with Crippen molar-refractivity contribution < 1.29 is 13.9 Å². The Bertz CT molecular complexity index is 448. The topological polar surface area (TPSA) is 33.4 Å². The van der Waals surface area contributed by atoms with Crippen LogP contribution in [0.15, 0.2) is 40.8 Å². The molecule has 2 nitrogen and oxygen atoms in total. The van der Waals surface area contributed by atoms with Crippen LogP contribution in [0.5, 0.6) is 0 Å². The number of aryl methyl sites for hydroxylation is 1. The highest BCUT2D eigenvalue weighted by atomic mass is 19.1. The van der Waals surface area contributed by atoms with Crippen molar-refractivity contribution in [3.05, 3.63) is 59.3 Å². The van der Waals surface area contributed by atoms with E-state index in [9.17, 15) is 9.50 Å². The Morgan fingerprint density at radius 2 is 1.93 bits per heavy atom. The van der Waals surface area contributed by atoms with Gasteiger partial charge in [0.2, 0.25) is 0 Å². The second kappa shape index (κ2) is 3.87. The van der Waals surface area contributed by atoms with Crippen LogP contribution in [0.3, 0.4) is 0 Å². The number of aliphatic hydroxyl groups excluding tert-OH is 1. The maximum absolute atomic E-state index is 13.3. The lowest BCUT2D eigenvalue weighted by Gasteiger charge is -2.07. The maximum atomic E-state index is 13.3. The van der Waals surface area contributed by atoms with Crippen molar-refractivity contribution in [3.63, 3.8) is 0 Å². The molecular weight excluding hydrogens is 195 g/mol. The Morgan fingerprint density at radius 1 is 1.27 bits per heavy atom. The third-order valence-corrected chi connectivity index (χ3v) is 2.20. The first-order valence-corrected chi connectivity index (χ1v) is 4.67. The van der Waals surface area contributed by atoms with Gasteiger partial charge in [0.25, 0.3) is 0 Å². The van der Waals surface area contributed by atoms with Gasteiger partial charge in [-0.1, -0.05) is 30.3 Å².